The van der Waals surface area contributed by atoms with E-state index in [9.17, 15) is 0 Å². The van der Waals surface area contributed by atoms with Crippen LogP contribution in [0, 0.1) is 12.8 Å². The number of nitrogens with one attached hydrogen (secondary N) is 2. The molecule has 0 aliphatic carbocycles. The Hall–Kier alpha value is -1.61. The van der Waals surface area contributed by atoms with Crippen molar-refractivity contribution >= 4 is 29.9 Å². The van der Waals surface area contributed by atoms with Gasteiger partial charge in [0.1, 0.15) is 6.26 Å². The Morgan fingerprint density at radius 3 is 2.55 bits per heavy atom. The molecule has 0 atom stereocenters. The summed E-state index contributed by atoms with van der Waals surface area (Å²) in [5.41, 5.74) is 3.08. The second-order valence-corrected chi connectivity index (χ2v) is 8.05. The van der Waals surface area contributed by atoms with Gasteiger partial charge < -0.3 is 20.0 Å². The third-order valence-corrected chi connectivity index (χ3v) is 5.06. The van der Waals surface area contributed by atoms with Gasteiger partial charge >= 0.3 is 0 Å². The number of rotatable bonds is 6. The number of piperidine rings is 1. The van der Waals surface area contributed by atoms with Crippen molar-refractivity contribution in [1.82, 2.24) is 20.5 Å². The molecule has 1 aromatic heterocycles. The summed E-state index contributed by atoms with van der Waals surface area (Å²) in [6, 6.07) is 8.66. The van der Waals surface area contributed by atoms with Gasteiger partial charge in [-0.1, -0.05) is 31.5 Å². The number of aryl methyl sites for hydroxylation is 1. The molecule has 1 saturated heterocycles. The van der Waals surface area contributed by atoms with E-state index in [4.69, 9.17) is 4.42 Å². The van der Waals surface area contributed by atoms with Crippen LogP contribution in [0.3, 0.4) is 0 Å². The zero-order chi connectivity index (χ0) is 19.9. The minimum atomic E-state index is 0. The number of halogens is 1. The SMILES string of the molecule is CN=C(NCc1coc(-c2ccc(C)cc2)n1)NC1CCN(CC(C)C)CC1.I. The van der Waals surface area contributed by atoms with Gasteiger partial charge in [-0.15, -0.1) is 24.0 Å². The molecule has 0 unspecified atom stereocenters. The summed E-state index contributed by atoms with van der Waals surface area (Å²) in [6.07, 6.45) is 4.00. The summed E-state index contributed by atoms with van der Waals surface area (Å²) >= 11 is 0. The molecular weight excluding hydrogens is 477 g/mol. The number of benzene rings is 1. The number of likely N-dealkylation sites (tertiary alicyclic amines) is 1. The molecule has 2 heterocycles. The van der Waals surface area contributed by atoms with Crippen molar-refractivity contribution in [1.29, 1.82) is 0 Å². The van der Waals surface area contributed by atoms with Crippen molar-refractivity contribution in [3.63, 3.8) is 0 Å². The average Bonchev–Trinajstić information content (AvgIpc) is 3.15. The number of nitrogens with zero attached hydrogens (tertiary/aromatic N) is 3. The largest absolute Gasteiger partial charge is 0.444 e. The molecule has 29 heavy (non-hydrogen) atoms. The molecule has 1 aromatic carbocycles. The Kier molecular flexibility index (Phi) is 9.42. The van der Waals surface area contributed by atoms with E-state index < -0.39 is 0 Å². The highest BCUT2D eigenvalue weighted by Gasteiger charge is 2.20. The first-order chi connectivity index (χ1) is 13.5. The fourth-order valence-corrected chi connectivity index (χ4v) is 3.56. The van der Waals surface area contributed by atoms with Gasteiger partial charge in [0.25, 0.3) is 0 Å². The number of aromatic nitrogens is 1. The molecule has 160 valence electrons. The third kappa shape index (κ3) is 7.29. The third-order valence-electron chi connectivity index (χ3n) is 5.06. The molecule has 3 rings (SSSR count). The maximum Gasteiger partial charge on any atom is 0.226 e. The number of guanidine groups is 1. The summed E-state index contributed by atoms with van der Waals surface area (Å²) in [4.78, 5) is 11.5. The number of oxazole rings is 1. The van der Waals surface area contributed by atoms with Crippen molar-refractivity contribution in [2.75, 3.05) is 26.7 Å². The lowest BCUT2D eigenvalue weighted by Gasteiger charge is -2.33. The predicted molar refractivity (Wildman–Crippen MR) is 130 cm³/mol. The van der Waals surface area contributed by atoms with E-state index in [-0.39, 0.29) is 24.0 Å². The predicted octanol–water partition coefficient (Wildman–Crippen LogP) is 4.05. The molecule has 0 saturated carbocycles. The standard InChI is InChI=1S/C22H33N5O.HI/c1-16(2)14-27-11-9-19(10-12-27)26-22(23-4)24-13-20-15-28-21(25-20)18-7-5-17(3)6-8-18;/h5-8,15-16,19H,9-14H2,1-4H3,(H2,23,24,26);1H. The molecule has 1 aliphatic rings. The quantitative estimate of drug-likeness (QED) is 0.348. The topological polar surface area (TPSA) is 65.7 Å². The molecule has 1 aliphatic heterocycles. The molecule has 0 radical (unpaired) electrons. The zero-order valence-corrected chi connectivity index (χ0v) is 20.3. The van der Waals surface area contributed by atoms with Crippen molar-refractivity contribution < 1.29 is 4.42 Å². The van der Waals surface area contributed by atoms with Gasteiger partial charge in [0.2, 0.25) is 5.89 Å². The second-order valence-electron chi connectivity index (χ2n) is 8.05. The maximum atomic E-state index is 5.63. The van der Waals surface area contributed by atoms with Gasteiger partial charge in [0.05, 0.1) is 12.2 Å². The summed E-state index contributed by atoms with van der Waals surface area (Å²) in [7, 11) is 1.81. The first-order valence-corrected chi connectivity index (χ1v) is 10.2. The van der Waals surface area contributed by atoms with Gasteiger partial charge in [-0.2, -0.15) is 0 Å². The van der Waals surface area contributed by atoms with Gasteiger partial charge in [-0.3, -0.25) is 4.99 Å². The fraction of sp³-hybridized carbons (Fsp3) is 0.545. The minimum absolute atomic E-state index is 0. The molecule has 2 N–H and O–H groups in total. The lowest BCUT2D eigenvalue weighted by molar-refractivity contribution is 0.187. The van der Waals surface area contributed by atoms with Crippen LogP contribution in [0.5, 0.6) is 0 Å². The summed E-state index contributed by atoms with van der Waals surface area (Å²) in [5, 5.41) is 6.90. The molecule has 0 bridgehead atoms. The van der Waals surface area contributed by atoms with E-state index in [2.05, 4.69) is 58.4 Å². The van der Waals surface area contributed by atoms with Crippen LogP contribution in [0.15, 0.2) is 39.9 Å². The molecule has 0 spiro atoms. The second kappa shape index (κ2) is 11.5. The van der Waals surface area contributed by atoms with E-state index in [0.717, 1.165) is 49.1 Å². The number of hydrogen-bond donors (Lipinski definition) is 2. The van der Waals surface area contributed by atoms with Gasteiger partial charge in [-0.05, 0) is 37.8 Å². The van der Waals surface area contributed by atoms with Crippen LogP contribution < -0.4 is 10.6 Å². The maximum absolute atomic E-state index is 5.63. The van der Waals surface area contributed by atoms with Crippen molar-refractivity contribution in [2.45, 2.75) is 46.2 Å². The van der Waals surface area contributed by atoms with E-state index >= 15 is 0 Å². The van der Waals surface area contributed by atoms with Gasteiger partial charge in [-0.25, -0.2) is 4.98 Å². The van der Waals surface area contributed by atoms with E-state index in [1.807, 2.05) is 19.2 Å². The first-order valence-electron chi connectivity index (χ1n) is 10.2. The Labute approximate surface area is 191 Å². The Balaban J connectivity index is 0.00000300. The first kappa shape index (κ1) is 23.7. The molecule has 1 fully saturated rings. The summed E-state index contributed by atoms with van der Waals surface area (Å²) in [6.45, 7) is 10.7. The van der Waals surface area contributed by atoms with Gasteiger partial charge in [0, 0.05) is 38.3 Å². The van der Waals surface area contributed by atoms with Crippen molar-refractivity contribution in [3.8, 4) is 11.5 Å². The van der Waals surface area contributed by atoms with E-state index in [0.29, 0.717) is 18.5 Å². The van der Waals surface area contributed by atoms with Crippen molar-refractivity contribution in [2.24, 2.45) is 10.9 Å². The van der Waals surface area contributed by atoms with Crippen LogP contribution in [-0.4, -0.2) is 48.6 Å². The smallest absolute Gasteiger partial charge is 0.226 e. The molecule has 2 aromatic rings. The monoisotopic (exact) mass is 511 g/mol. The van der Waals surface area contributed by atoms with Crippen LogP contribution >= 0.6 is 24.0 Å². The Morgan fingerprint density at radius 2 is 1.93 bits per heavy atom. The minimum Gasteiger partial charge on any atom is -0.444 e. The number of hydrogen-bond acceptors (Lipinski definition) is 4. The lowest BCUT2D eigenvalue weighted by atomic mass is 10.0. The highest BCUT2D eigenvalue weighted by molar-refractivity contribution is 14.0. The Morgan fingerprint density at radius 1 is 1.24 bits per heavy atom. The fourth-order valence-electron chi connectivity index (χ4n) is 3.56. The van der Waals surface area contributed by atoms with Crippen LogP contribution in [0.1, 0.15) is 37.9 Å². The molecule has 6 nitrogen and oxygen atoms in total. The summed E-state index contributed by atoms with van der Waals surface area (Å²) < 4.78 is 5.63. The normalized spacial score (nSPS) is 16.0. The van der Waals surface area contributed by atoms with Crippen LogP contribution in [0.4, 0.5) is 0 Å². The van der Waals surface area contributed by atoms with E-state index in [1.54, 1.807) is 6.26 Å². The van der Waals surface area contributed by atoms with E-state index in [1.165, 1.54) is 12.1 Å². The highest BCUT2D eigenvalue weighted by atomic mass is 127. The van der Waals surface area contributed by atoms with Crippen LogP contribution in [0.2, 0.25) is 0 Å². The van der Waals surface area contributed by atoms with Gasteiger partial charge in [0.15, 0.2) is 5.96 Å². The van der Waals surface area contributed by atoms with Crippen LogP contribution in [0.25, 0.3) is 11.5 Å². The molecule has 0 amide bonds. The Bertz CT molecular complexity index is 764. The highest BCUT2D eigenvalue weighted by Crippen LogP contribution is 2.19. The molecule has 7 heteroatoms. The average molecular weight is 511 g/mol. The van der Waals surface area contributed by atoms with Crippen molar-refractivity contribution in [3.05, 3.63) is 41.8 Å². The lowest BCUT2D eigenvalue weighted by Crippen LogP contribution is -2.49. The zero-order valence-electron chi connectivity index (χ0n) is 17.9. The summed E-state index contributed by atoms with van der Waals surface area (Å²) in [5.74, 6) is 2.20. The molecular formula is C22H34IN5O. The van der Waals surface area contributed by atoms with Crippen LogP contribution in [-0.2, 0) is 6.54 Å². The number of aliphatic imine (C=N–C) groups is 1.